The summed E-state index contributed by atoms with van der Waals surface area (Å²) < 4.78 is 30.1. The van der Waals surface area contributed by atoms with Crippen LogP contribution in [0.3, 0.4) is 0 Å². The van der Waals surface area contributed by atoms with E-state index < -0.39 is 23.1 Å². The van der Waals surface area contributed by atoms with Crippen molar-refractivity contribution in [3.8, 4) is 33.8 Å². The first-order valence-corrected chi connectivity index (χ1v) is 12.2. The van der Waals surface area contributed by atoms with E-state index >= 15 is 4.39 Å². The van der Waals surface area contributed by atoms with Crippen LogP contribution in [0.1, 0.15) is 10.4 Å². The summed E-state index contributed by atoms with van der Waals surface area (Å²) >= 11 is 3.28. The van der Waals surface area contributed by atoms with Gasteiger partial charge in [-0.3, -0.25) is 14.2 Å². The number of halogens is 3. The molecule has 0 fully saturated rings. The second-order valence-corrected chi connectivity index (χ2v) is 9.32. The molecular weight excluding hydrogens is 572 g/mol. The second kappa shape index (κ2) is 10.5. The van der Waals surface area contributed by atoms with Gasteiger partial charge in [-0.15, -0.1) is 0 Å². The maximum Gasteiger partial charge on any atom is 0.268 e. The number of benzene rings is 3. The minimum atomic E-state index is -0.752. The van der Waals surface area contributed by atoms with Crippen LogP contribution in [0.25, 0.3) is 28.1 Å². The minimum absolute atomic E-state index is 0.0263. The molecule has 0 radical (unpaired) electrons. The fourth-order valence-corrected chi connectivity index (χ4v) is 4.40. The van der Waals surface area contributed by atoms with Crippen molar-refractivity contribution in [3.63, 3.8) is 0 Å². The van der Waals surface area contributed by atoms with Gasteiger partial charge in [-0.05, 0) is 88.2 Å². The van der Waals surface area contributed by atoms with Crippen molar-refractivity contribution in [2.45, 2.75) is 0 Å². The molecule has 0 spiro atoms. The predicted molar refractivity (Wildman–Crippen MR) is 147 cm³/mol. The van der Waals surface area contributed by atoms with Crippen molar-refractivity contribution in [2.24, 2.45) is 0 Å². The fraction of sp³-hybridized carbons (Fsp3) is 0. The number of rotatable bonds is 5. The van der Waals surface area contributed by atoms with Gasteiger partial charge in [0.1, 0.15) is 22.9 Å². The van der Waals surface area contributed by atoms with Crippen molar-refractivity contribution >= 4 is 33.5 Å². The molecule has 0 unspecified atom stereocenters. The lowest BCUT2D eigenvalue weighted by Gasteiger charge is -2.12. The number of pyridine rings is 1. The number of nitrogens with two attached hydrogens (primary N) is 1. The van der Waals surface area contributed by atoms with Crippen LogP contribution in [0, 0.1) is 11.6 Å². The van der Waals surface area contributed by atoms with Crippen molar-refractivity contribution < 1.29 is 18.7 Å². The molecule has 0 atom stereocenters. The van der Waals surface area contributed by atoms with Crippen LogP contribution in [0.5, 0.6) is 5.75 Å². The van der Waals surface area contributed by atoms with Crippen LogP contribution < -0.4 is 16.6 Å². The number of carbonyl (C=O) groups is 1. The smallest absolute Gasteiger partial charge is 0.268 e. The molecule has 2 heterocycles. The lowest BCUT2D eigenvalue weighted by molar-refractivity contribution is 0.102. The Labute approximate surface area is 228 Å². The average molecular weight is 590 g/mol. The zero-order valence-electron chi connectivity index (χ0n) is 19.9. The lowest BCUT2D eigenvalue weighted by atomic mass is 10.00. The van der Waals surface area contributed by atoms with Gasteiger partial charge in [0.15, 0.2) is 0 Å². The summed E-state index contributed by atoms with van der Waals surface area (Å²) in [5.74, 6) is -1.91. The van der Waals surface area contributed by atoms with E-state index in [-0.39, 0.29) is 28.5 Å². The zero-order valence-corrected chi connectivity index (χ0v) is 21.5. The molecule has 0 aliphatic carbocycles. The van der Waals surface area contributed by atoms with Crippen LogP contribution in [0.15, 0.2) is 94.5 Å². The molecule has 2 aromatic heterocycles. The molecule has 0 bridgehead atoms. The molecule has 3 aromatic carbocycles. The van der Waals surface area contributed by atoms with E-state index in [1.165, 1.54) is 65.5 Å². The number of nitrogens with one attached hydrogen (secondary N) is 1. The van der Waals surface area contributed by atoms with Gasteiger partial charge in [-0.1, -0.05) is 6.07 Å². The van der Waals surface area contributed by atoms with Crippen molar-refractivity contribution in [3.05, 3.63) is 117 Å². The normalized spacial score (nSPS) is 10.8. The summed E-state index contributed by atoms with van der Waals surface area (Å²) in [6.07, 6.45) is 2.91. The van der Waals surface area contributed by atoms with E-state index in [0.717, 1.165) is 6.07 Å². The van der Waals surface area contributed by atoms with Crippen LogP contribution >= 0.6 is 15.9 Å². The van der Waals surface area contributed by atoms with Crippen LogP contribution in [0.4, 0.5) is 20.4 Å². The molecule has 39 heavy (non-hydrogen) atoms. The number of carbonyl (C=O) groups excluding carboxylic acids is 1. The third-order valence-electron chi connectivity index (χ3n) is 5.82. The summed E-state index contributed by atoms with van der Waals surface area (Å²) in [6, 6.07) is 16.7. The molecule has 0 saturated carbocycles. The van der Waals surface area contributed by atoms with Gasteiger partial charge in [0.2, 0.25) is 5.95 Å². The molecule has 194 valence electrons. The lowest BCUT2D eigenvalue weighted by Crippen LogP contribution is -2.28. The number of nitrogens with zero attached hydrogens (tertiary/aromatic N) is 3. The maximum absolute atomic E-state index is 15.2. The van der Waals surface area contributed by atoms with Gasteiger partial charge in [0.25, 0.3) is 11.5 Å². The number of phenolic OH excluding ortho intramolecular Hbond substituents is 1. The number of anilines is 2. The summed E-state index contributed by atoms with van der Waals surface area (Å²) in [6.45, 7) is 0. The number of nitrogen functional groups attached to an aromatic ring is 1. The Balaban J connectivity index is 1.43. The Morgan fingerprint density at radius 2 is 1.74 bits per heavy atom. The third-order valence-corrected chi connectivity index (χ3v) is 6.25. The van der Waals surface area contributed by atoms with Crippen LogP contribution in [0.2, 0.25) is 0 Å². The Morgan fingerprint density at radius 3 is 2.46 bits per heavy atom. The Hall–Kier alpha value is -4.90. The fourth-order valence-electron chi connectivity index (χ4n) is 3.96. The van der Waals surface area contributed by atoms with Crippen LogP contribution in [-0.4, -0.2) is 25.5 Å². The number of amides is 1. The molecule has 11 heteroatoms. The molecule has 0 aliphatic rings. The molecule has 1 amide bonds. The van der Waals surface area contributed by atoms with Crippen molar-refractivity contribution in [1.82, 2.24) is 14.5 Å². The highest BCUT2D eigenvalue weighted by molar-refractivity contribution is 9.10. The highest BCUT2D eigenvalue weighted by atomic mass is 79.9. The quantitative estimate of drug-likeness (QED) is 0.247. The highest BCUT2D eigenvalue weighted by Crippen LogP contribution is 2.34. The average Bonchev–Trinajstić information content (AvgIpc) is 2.91. The SMILES string of the molecule is Nc1nccc(-c2cc(-c3ccc(NC(=O)c4cc(Br)cn(-c5ccc(F)cc5)c4=O)cc3F)ccc2O)n1. The number of hydrogen-bond donors (Lipinski definition) is 3. The Morgan fingerprint density at radius 1 is 0.974 bits per heavy atom. The predicted octanol–water partition coefficient (Wildman–Crippen LogP) is 5.54. The zero-order chi connectivity index (χ0) is 27.7. The molecule has 0 saturated heterocycles. The number of aromatic nitrogens is 3. The van der Waals surface area contributed by atoms with E-state index in [0.29, 0.717) is 27.0 Å². The number of hydrogen-bond acceptors (Lipinski definition) is 6. The van der Waals surface area contributed by atoms with E-state index in [1.54, 1.807) is 18.2 Å². The molecule has 5 aromatic rings. The second-order valence-electron chi connectivity index (χ2n) is 8.40. The minimum Gasteiger partial charge on any atom is -0.507 e. The third kappa shape index (κ3) is 5.39. The first-order valence-electron chi connectivity index (χ1n) is 11.4. The Bertz CT molecular complexity index is 1790. The number of aromatic hydroxyl groups is 1. The summed E-state index contributed by atoms with van der Waals surface area (Å²) in [4.78, 5) is 33.9. The first kappa shape index (κ1) is 25.7. The molecular formula is C28H18BrF2N5O3. The Kier molecular flexibility index (Phi) is 6.90. The standard InChI is InChI=1S/C28H18BrF2N5O3/c29-16-12-22(27(39)36(14-16)19-5-2-17(30)3-6-19)26(38)34-18-4-7-20(23(31)13-18)15-1-8-25(37)21(11-15)24-9-10-33-28(32)35-24/h1-14,37H,(H,34,38)(H2,32,33,35). The van der Waals surface area contributed by atoms with E-state index in [1.807, 2.05) is 0 Å². The van der Waals surface area contributed by atoms with Crippen LogP contribution in [-0.2, 0) is 0 Å². The van der Waals surface area contributed by atoms with Gasteiger partial charge >= 0.3 is 0 Å². The van der Waals surface area contributed by atoms with E-state index in [4.69, 9.17) is 5.73 Å². The van der Waals surface area contributed by atoms with E-state index in [9.17, 15) is 19.1 Å². The number of phenols is 1. The summed E-state index contributed by atoms with van der Waals surface area (Å²) in [7, 11) is 0. The molecule has 8 nitrogen and oxygen atoms in total. The largest absolute Gasteiger partial charge is 0.507 e. The topological polar surface area (TPSA) is 123 Å². The van der Waals surface area contributed by atoms with E-state index in [2.05, 4.69) is 31.2 Å². The monoisotopic (exact) mass is 589 g/mol. The maximum atomic E-state index is 15.2. The van der Waals surface area contributed by atoms with Gasteiger partial charge in [0.05, 0.1) is 5.69 Å². The van der Waals surface area contributed by atoms with Gasteiger partial charge in [0, 0.05) is 39.4 Å². The van der Waals surface area contributed by atoms with Gasteiger partial charge < -0.3 is 16.2 Å². The summed E-state index contributed by atoms with van der Waals surface area (Å²) in [5, 5.41) is 12.8. The first-order chi connectivity index (χ1) is 18.7. The van der Waals surface area contributed by atoms with Gasteiger partial charge in [-0.2, -0.15) is 0 Å². The van der Waals surface area contributed by atoms with Gasteiger partial charge in [-0.25, -0.2) is 18.7 Å². The summed E-state index contributed by atoms with van der Waals surface area (Å²) in [5.41, 5.74) is 6.65. The molecule has 0 aliphatic heterocycles. The van der Waals surface area contributed by atoms with Crippen molar-refractivity contribution in [1.29, 1.82) is 0 Å². The van der Waals surface area contributed by atoms with Crippen molar-refractivity contribution in [2.75, 3.05) is 11.1 Å². The molecule has 5 rings (SSSR count). The molecule has 4 N–H and O–H groups in total. The highest BCUT2D eigenvalue weighted by Gasteiger charge is 2.17.